The first kappa shape index (κ1) is 19.2. The molecule has 4 rings (SSSR count). The quantitative estimate of drug-likeness (QED) is 0.575. The molecule has 0 spiro atoms. The normalized spacial score (nSPS) is 15.5. The summed E-state index contributed by atoms with van der Waals surface area (Å²) in [7, 11) is 0. The fraction of sp³-hybridized carbons (Fsp3) is 0.333. The van der Waals surface area contributed by atoms with Crippen LogP contribution in [0.15, 0.2) is 53.1 Å². The Morgan fingerprint density at radius 2 is 1.93 bits per heavy atom. The molecule has 3 aromatic rings. The molecule has 29 heavy (non-hydrogen) atoms. The smallest absolute Gasteiger partial charge is 0.240 e. The maximum Gasteiger partial charge on any atom is 0.240 e. The van der Waals surface area contributed by atoms with Gasteiger partial charge in [0.15, 0.2) is 18.1 Å². The van der Waals surface area contributed by atoms with Gasteiger partial charge in [-0.1, -0.05) is 24.2 Å². The standard InChI is InChI=1S/C21H22FN3O4/c1-2-25(11-17-13-27-18-5-3-4-6-19(18)28-17)12-21-23-20(24-29-21)14-26-16-9-7-15(22)8-10-16/h3-10,17H,2,11-14H2,1H3. The van der Waals surface area contributed by atoms with E-state index in [4.69, 9.17) is 18.7 Å². The van der Waals surface area contributed by atoms with Gasteiger partial charge >= 0.3 is 0 Å². The van der Waals surface area contributed by atoms with Crippen LogP contribution in [0.5, 0.6) is 17.2 Å². The molecule has 7 nitrogen and oxygen atoms in total. The number of halogens is 1. The topological polar surface area (TPSA) is 69.9 Å². The van der Waals surface area contributed by atoms with Gasteiger partial charge in [-0.3, -0.25) is 4.90 Å². The van der Waals surface area contributed by atoms with Crippen LogP contribution in [-0.2, 0) is 13.2 Å². The van der Waals surface area contributed by atoms with Crippen LogP contribution >= 0.6 is 0 Å². The van der Waals surface area contributed by atoms with Gasteiger partial charge in [0.25, 0.3) is 0 Å². The Bertz CT molecular complexity index is 932. The van der Waals surface area contributed by atoms with E-state index in [0.29, 0.717) is 37.2 Å². The summed E-state index contributed by atoms with van der Waals surface area (Å²) in [6, 6.07) is 13.4. The third-order valence-electron chi connectivity index (χ3n) is 4.53. The molecule has 2 aromatic carbocycles. The monoisotopic (exact) mass is 399 g/mol. The highest BCUT2D eigenvalue weighted by atomic mass is 19.1. The van der Waals surface area contributed by atoms with Crippen molar-refractivity contribution in [1.82, 2.24) is 15.0 Å². The van der Waals surface area contributed by atoms with Crippen molar-refractivity contribution in [1.29, 1.82) is 0 Å². The van der Waals surface area contributed by atoms with E-state index in [0.717, 1.165) is 18.0 Å². The minimum absolute atomic E-state index is 0.0750. The van der Waals surface area contributed by atoms with Crippen molar-refractivity contribution in [2.75, 3.05) is 19.7 Å². The fourth-order valence-corrected chi connectivity index (χ4v) is 3.03. The number of aromatic nitrogens is 2. The summed E-state index contributed by atoms with van der Waals surface area (Å²) in [6.07, 6.45) is -0.0750. The largest absolute Gasteiger partial charge is 0.486 e. The lowest BCUT2D eigenvalue weighted by atomic mass is 10.2. The molecule has 1 aromatic heterocycles. The van der Waals surface area contributed by atoms with E-state index in [2.05, 4.69) is 22.0 Å². The van der Waals surface area contributed by atoms with Crippen molar-refractivity contribution in [3.05, 3.63) is 66.1 Å². The number of nitrogens with zero attached hydrogens (tertiary/aromatic N) is 3. The molecule has 0 aliphatic carbocycles. The van der Waals surface area contributed by atoms with Crippen LogP contribution in [0.1, 0.15) is 18.6 Å². The van der Waals surface area contributed by atoms with Gasteiger partial charge in [0.2, 0.25) is 11.7 Å². The Morgan fingerprint density at radius 3 is 2.72 bits per heavy atom. The molecule has 1 atom stereocenters. The molecule has 8 heteroatoms. The number of rotatable bonds is 8. The Kier molecular flexibility index (Phi) is 5.90. The van der Waals surface area contributed by atoms with Crippen molar-refractivity contribution < 1.29 is 23.1 Å². The van der Waals surface area contributed by atoms with Crippen LogP contribution in [0, 0.1) is 5.82 Å². The second-order valence-electron chi connectivity index (χ2n) is 6.67. The maximum atomic E-state index is 12.9. The molecule has 1 aliphatic rings. The van der Waals surface area contributed by atoms with Crippen LogP contribution in [0.25, 0.3) is 0 Å². The number of hydrogen-bond acceptors (Lipinski definition) is 7. The summed E-state index contributed by atoms with van der Waals surface area (Å²) in [5.41, 5.74) is 0. The summed E-state index contributed by atoms with van der Waals surface area (Å²) in [6.45, 7) is 4.68. The van der Waals surface area contributed by atoms with E-state index in [-0.39, 0.29) is 18.5 Å². The number of benzene rings is 2. The van der Waals surface area contributed by atoms with Gasteiger partial charge in [-0.25, -0.2) is 4.39 Å². The lowest BCUT2D eigenvalue weighted by Gasteiger charge is -2.30. The molecular weight excluding hydrogens is 377 g/mol. The summed E-state index contributed by atoms with van der Waals surface area (Å²) >= 11 is 0. The third kappa shape index (κ3) is 5.03. The summed E-state index contributed by atoms with van der Waals surface area (Å²) in [4.78, 5) is 6.52. The van der Waals surface area contributed by atoms with Crippen molar-refractivity contribution in [3.63, 3.8) is 0 Å². The number of para-hydroxylation sites is 2. The summed E-state index contributed by atoms with van der Waals surface area (Å²) < 4.78 is 35.6. The molecule has 0 bridgehead atoms. The van der Waals surface area contributed by atoms with E-state index in [1.54, 1.807) is 12.1 Å². The van der Waals surface area contributed by atoms with Gasteiger partial charge in [-0.15, -0.1) is 0 Å². The molecule has 0 saturated carbocycles. The first-order valence-corrected chi connectivity index (χ1v) is 9.50. The third-order valence-corrected chi connectivity index (χ3v) is 4.53. The maximum absolute atomic E-state index is 12.9. The molecular formula is C21H22FN3O4. The van der Waals surface area contributed by atoms with Crippen molar-refractivity contribution >= 4 is 0 Å². The van der Waals surface area contributed by atoms with Crippen molar-refractivity contribution in [3.8, 4) is 17.2 Å². The molecule has 0 N–H and O–H groups in total. The number of ether oxygens (including phenoxy) is 3. The van der Waals surface area contributed by atoms with E-state index >= 15 is 0 Å². The lowest BCUT2D eigenvalue weighted by Crippen LogP contribution is -2.40. The highest BCUT2D eigenvalue weighted by Crippen LogP contribution is 2.31. The highest BCUT2D eigenvalue weighted by Gasteiger charge is 2.23. The predicted molar refractivity (Wildman–Crippen MR) is 102 cm³/mol. The second kappa shape index (κ2) is 8.91. The molecule has 0 amide bonds. The van der Waals surface area contributed by atoms with Crippen LogP contribution in [0.2, 0.25) is 0 Å². The van der Waals surface area contributed by atoms with E-state index in [1.807, 2.05) is 24.3 Å². The Hall–Kier alpha value is -3.13. The Morgan fingerprint density at radius 1 is 1.14 bits per heavy atom. The van der Waals surface area contributed by atoms with E-state index in [1.165, 1.54) is 12.1 Å². The Labute approximate surface area is 168 Å². The van der Waals surface area contributed by atoms with Crippen LogP contribution in [0.4, 0.5) is 4.39 Å². The number of likely N-dealkylation sites (N-methyl/N-ethyl adjacent to an activating group) is 1. The van der Waals surface area contributed by atoms with Gasteiger partial charge < -0.3 is 18.7 Å². The summed E-state index contributed by atoms with van der Waals surface area (Å²) in [5, 5.41) is 3.94. The van der Waals surface area contributed by atoms with Crippen LogP contribution in [-0.4, -0.2) is 40.8 Å². The average molecular weight is 399 g/mol. The molecule has 1 unspecified atom stereocenters. The van der Waals surface area contributed by atoms with E-state index in [9.17, 15) is 4.39 Å². The zero-order valence-electron chi connectivity index (χ0n) is 16.1. The molecule has 2 heterocycles. The Balaban J connectivity index is 1.29. The molecule has 152 valence electrons. The van der Waals surface area contributed by atoms with E-state index < -0.39 is 0 Å². The fourth-order valence-electron chi connectivity index (χ4n) is 3.03. The van der Waals surface area contributed by atoms with Gasteiger partial charge in [-0.05, 0) is 42.9 Å². The van der Waals surface area contributed by atoms with Gasteiger partial charge in [0, 0.05) is 6.54 Å². The number of hydrogen-bond donors (Lipinski definition) is 0. The van der Waals surface area contributed by atoms with Crippen LogP contribution in [0.3, 0.4) is 0 Å². The highest BCUT2D eigenvalue weighted by molar-refractivity contribution is 5.40. The van der Waals surface area contributed by atoms with Gasteiger partial charge in [0.1, 0.15) is 24.3 Å². The summed E-state index contributed by atoms with van der Waals surface area (Å²) in [5.74, 6) is 2.71. The van der Waals surface area contributed by atoms with Crippen molar-refractivity contribution in [2.24, 2.45) is 0 Å². The second-order valence-corrected chi connectivity index (χ2v) is 6.67. The van der Waals surface area contributed by atoms with Gasteiger partial charge in [-0.2, -0.15) is 4.98 Å². The van der Waals surface area contributed by atoms with Crippen molar-refractivity contribution in [2.45, 2.75) is 26.2 Å². The lowest BCUT2D eigenvalue weighted by molar-refractivity contribution is 0.0551. The average Bonchev–Trinajstić information content (AvgIpc) is 3.20. The molecule has 0 fully saturated rings. The number of fused-ring (bicyclic) bond motifs is 1. The zero-order valence-corrected chi connectivity index (χ0v) is 16.1. The molecule has 1 aliphatic heterocycles. The zero-order chi connectivity index (χ0) is 20.1. The SMILES string of the molecule is CCN(Cc1nc(COc2ccc(F)cc2)no1)CC1COc2ccccc2O1. The first-order valence-electron chi connectivity index (χ1n) is 9.50. The van der Waals surface area contributed by atoms with Gasteiger partial charge in [0.05, 0.1) is 6.54 Å². The van der Waals surface area contributed by atoms with Crippen LogP contribution < -0.4 is 14.2 Å². The minimum atomic E-state index is -0.310. The first-order chi connectivity index (χ1) is 14.2. The minimum Gasteiger partial charge on any atom is -0.486 e. The molecule has 0 saturated heterocycles. The molecule has 0 radical (unpaired) electrons. The predicted octanol–water partition coefficient (Wildman–Crippen LogP) is 3.45.